The van der Waals surface area contributed by atoms with E-state index in [1.807, 2.05) is 12.3 Å². The Labute approximate surface area is 165 Å². The number of piperidine rings is 1. The molecule has 0 spiro atoms. The Morgan fingerprint density at radius 2 is 2.00 bits per heavy atom. The third-order valence-corrected chi connectivity index (χ3v) is 5.91. The van der Waals surface area contributed by atoms with Crippen LogP contribution in [0, 0.1) is 0 Å². The second-order valence-electron chi connectivity index (χ2n) is 7.07. The maximum Gasteiger partial charge on any atom is 0.120 e. The van der Waals surface area contributed by atoms with Crippen LogP contribution in [0.4, 0.5) is 5.69 Å². The van der Waals surface area contributed by atoms with Crippen LogP contribution in [0.25, 0.3) is 10.9 Å². The smallest absolute Gasteiger partial charge is 0.120 e. The number of rotatable bonds is 7. The number of thioether (sulfide) groups is 1. The molecule has 2 aromatic heterocycles. The van der Waals surface area contributed by atoms with E-state index in [9.17, 15) is 0 Å². The minimum atomic E-state index is 0.760. The van der Waals surface area contributed by atoms with E-state index in [2.05, 4.69) is 52.1 Å². The maximum atomic E-state index is 5.74. The first-order valence-electron chi connectivity index (χ1n) is 9.90. The second-order valence-corrected chi connectivity index (χ2v) is 8.09. The fourth-order valence-electron chi connectivity index (χ4n) is 3.52. The van der Waals surface area contributed by atoms with E-state index in [0.717, 1.165) is 35.7 Å². The molecule has 27 heavy (non-hydrogen) atoms. The van der Waals surface area contributed by atoms with Crippen molar-refractivity contribution >= 4 is 28.4 Å². The lowest BCUT2D eigenvalue weighted by atomic mass is 10.1. The molecule has 0 radical (unpaired) electrons. The molecule has 0 amide bonds. The van der Waals surface area contributed by atoms with Gasteiger partial charge in [-0.1, -0.05) is 6.92 Å². The van der Waals surface area contributed by atoms with Crippen molar-refractivity contribution < 1.29 is 4.74 Å². The number of aromatic nitrogens is 2. The molecule has 4 nitrogen and oxygen atoms in total. The molecule has 3 heterocycles. The van der Waals surface area contributed by atoms with Crippen molar-refractivity contribution in [1.29, 1.82) is 0 Å². The summed E-state index contributed by atoms with van der Waals surface area (Å²) in [5.74, 6) is 1.81. The first kappa shape index (κ1) is 18.2. The van der Waals surface area contributed by atoms with Crippen LogP contribution in [-0.2, 0) is 5.75 Å². The van der Waals surface area contributed by atoms with Gasteiger partial charge >= 0.3 is 0 Å². The van der Waals surface area contributed by atoms with Crippen molar-refractivity contribution in [1.82, 2.24) is 9.97 Å². The Hall–Kier alpha value is -2.14. The summed E-state index contributed by atoms with van der Waals surface area (Å²) >= 11 is 1.80. The third-order valence-electron chi connectivity index (χ3n) is 4.94. The Morgan fingerprint density at radius 3 is 2.85 bits per heavy atom. The van der Waals surface area contributed by atoms with Gasteiger partial charge in [0.05, 0.1) is 17.3 Å². The van der Waals surface area contributed by atoms with Crippen molar-refractivity contribution in [3.05, 3.63) is 48.3 Å². The fourth-order valence-corrected chi connectivity index (χ4v) is 4.37. The van der Waals surface area contributed by atoms with Crippen LogP contribution in [0.2, 0.25) is 0 Å². The molecular weight excluding hydrogens is 354 g/mol. The zero-order valence-electron chi connectivity index (χ0n) is 15.9. The lowest BCUT2D eigenvalue weighted by Gasteiger charge is -2.28. The molecule has 1 N–H and O–H groups in total. The highest BCUT2D eigenvalue weighted by Gasteiger charge is 2.12. The van der Waals surface area contributed by atoms with Gasteiger partial charge < -0.3 is 14.6 Å². The minimum Gasteiger partial charge on any atom is -0.494 e. The van der Waals surface area contributed by atoms with Crippen molar-refractivity contribution in [2.45, 2.75) is 43.4 Å². The van der Waals surface area contributed by atoms with Crippen LogP contribution in [0.3, 0.4) is 0 Å². The number of benzene rings is 1. The van der Waals surface area contributed by atoms with E-state index in [4.69, 9.17) is 4.74 Å². The number of nitrogens with zero attached hydrogens (tertiary/aromatic N) is 2. The Morgan fingerprint density at radius 1 is 1.11 bits per heavy atom. The molecule has 1 aliphatic rings. The first-order valence-corrected chi connectivity index (χ1v) is 10.9. The predicted octanol–water partition coefficient (Wildman–Crippen LogP) is 5.63. The van der Waals surface area contributed by atoms with Gasteiger partial charge in [-0.05, 0) is 62.1 Å². The van der Waals surface area contributed by atoms with Crippen molar-refractivity contribution in [2.75, 3.05) is 24.6 Å². The number of H-pyrrole nitrogens is 1. The summed E-state index contributed by atoms with van der Waals surface area (Å²) in [4.78, 5) is 10.6. The monoisotopic (exact) mass is 381 g/mol. The SMILES string of the molecule is CCCOc1ccc2[nH]c(SCc3cc(N4CCCCC4)ccn3)cc2c1. The summed E-state index contributed by atoms with van der Waals surface area (Å²) in [6.45, 7) is 5.22. The zero-order valence-corrected chi connectivity index (χ0v) is 16.7. The van der Waals surface area contributed by atoms with E-state index in [1.54, 1.807) is 11.8 Å². The van der Waals surface area contributed by atoms with Crippen LogP contribution in [-0.4, -0.2) is 29.7 Å². The summed E-state index contributed by atoms with van der Waals surface area (Å²) in [5.41, 5.74) is 3.60. The molecule has 3 aromatic rings. The van der Waals surface area contributed by atoms with Gasteiger partial charge in [0.15, 0.2) is 0 Å². The fraction of sp³-hybridized carbons (Fsp3) is 0.409. The number of nitrogens with one attached hydrogen (secondary N) is 1. The number of anilines is 1. The molecule has 1 fully saturated rings. The lowest BCUT2D eigenvalue weighted by molar-refractivity contribution is 0.318. The minimum absolute atomic E-state index is 0.760. The standard InChI is InChI=1S/C22H27N3OS/c1-2-12-26-20-6-7-21-17(13-20)14-22(24-21)27-16-18-15-19(8-9-23-18)25-10-4-3-5-11-25/h6-9,13-15,24H,2-5,10-12,16H2,1H3. The zero-order chi connectivity index (χ0) is 18.5. The summed E-state index contributed by atoms with van der Waals surface area (Å²) in [6.07, 6.45) is 6.92. The van der Waals surface area contributed by atoms with Crippen molar-refractivity contribution in [3.63, 3.8) is 0 Å². The highest BCUT2D eigenvalue weighted by Crippen LogP contribution is 2.29. The summed E-state index contributed by atoms with van der Waals surface area (Å²) in [6, 6.07) is 12.8. The Bertz CT molecular complexity index is 886. The largest absolute Gasteiger partial charge is 0.494 e. The number of ether oxygens (including phenoxy) is 1. The highest BCUT2D eigenvalue weighted by atomic mass is 32.2. The van der Waals surface area contributed by atoms with Crippen molar-refractivity contribution in [2.24, 2.45) is 0 Å². The molecular formula is C22H27N3OS. The molecule has 4 rings (SSSR count). The quantitative estimate of drug-likeness (QED) is 0.538. The summed E-state index contributed by atoms with van der Waals surface area (Å²) in [5, 5.41) is 2.36. The van der Waals surface area contributed by atoms with Gasteiger partial charge in [-0.25, -0.2) is 0 Å². The van der Waals surface area contributed by atoms with Crippen LogP contribution >= 0.6 is 11.8 Å². The molecule has 0 aliphatic carbocycles. The van der Waals surface area contributed by atoms with E-state index in [1.165, 1.54) is 48.5 Å². The van der Waals surface area contributed by atoms with Crippen LogP contribution < -0.4 is 9.64 Å². The van der Waals surface area contributed by atoms with E-state index in [0.29, 0.717) is 0 Å². The third kappa shape index (κ3) is 4.59. The normalized spacial score (nSPS) is 14.6. The molecule has 0 atom stereocenters. The van der Waals surface area contributed by atoms with Gasteiger partial charge in [0, 0.05) is 41.6 Å². The van der Waals surface area contributed by atoms with E-state index in [-0.39, 0.29) is 0 Å². The molecule has 5 heteroatoms. The molecule has 1 saturated heterocycles. The van der Waals surface area contributed by atoms with E-state index < -0.39 is 0 Å². The van der Waals surface area contributed by atoms with Gasteiger partial charge in [-0.2, -0.15) is 0 Å². The summed E-state index contributed by atoms with van der Waals surface area (Å²) in [7, 11) is 0. The van der Waals surface area contributed by atoms with Gasteiger partial charge in [-0.3, -0.25) is 4.98 Å². The van der Waals surface area contributed by atoms with Crippen LogP contribution in [0.15, 0.2) is 47.6 Å². The summed E-state index contributed by atoms with van der Waals surface area (Å²) < 4.78 is 5.74. The number of aromatic amines is 1. The molecule has 142 valence electrons. The maximum absolute atomic E-state index is 5.74. The van der Waals surface area contributed by atoms with Gasteiger partial charge in [0.1, 0.15) is 5.75 Å². The number of fused-ring (bicyclic) bond motifs is 1. The number of pyridine rings is 1. The van der Waals surface area contributed by atoms with Gasteiger partial charge in [0.2, 0.25) is 0 Å². The van der Waals surface area contributed by atoms with E-state index >= 15 is 0 Å². The average molecular weight is 382 g/mol. The Kier molecular flexibility index (Phi) is 5.87. The number of hydrogen-bond donors (Lipinski definition) is 1. The highest BCUT2D eigenvalue weighted by molar-refractivity contribution is 7.98. The predicted molar refractivity (Wildman–Crippen MR) is 114 cm³/mol. The Balaban J connectivity index is 1.42. The molecule has 1 aliphatic heterocycles. The lowest BCUT2D eigenvalue weighted by Crippen LogP contribution is -2.29. The van der Waals surface area contributed by atoms with Crippen LogP contribution in [0.1, 0.15) is 38.3 Å². The van der Waals surface area contributed by atoms with Gasteiger partial charge in [-0.15, -0.1) is 11.8 Å². The molecule has 0 unspecified atom stereocenters. The number of hydrogen-bond acceptors (Lipinski definition) is 4. The van der Waals surface area contributed by atoms with Gasteiger partial charge in [0.25, 0.3) is 0 Å². The topological polar surface area (TPSA) is 41.1 Å². The molecule has 1 aromatic carbocycles. The first-order chi connectivity index (χ1) is 13.3. The second kappa shape index (κ2) is 8.70. The molecule has 0 bridgehead atoms. The van der Waals surface area contributed by atoms with Crippen molar-refractivity contribution in [3.8, 4) is 5.75 Å². The van der Waals surface area contributed by atoms with Crippen LogP contribution in [0.5, 0.6) is 5.75 Å². The average Bonchev–Trinajstić information content (AvgIpc) is 3.14. The molecule has 0 saturated carbocycles.